The number of hydrogen-bond donors (Lipinski definition) is 2. The molecule has 1 aliphatic heterocycles. The fourth-order valence-corrected chi connectivity index (χ4v) is 4.71. The first kappa shape index (κ1) is 29.6. The molecule has 0 saturated carbocycles. The van der Waals surface area contributed by atoms with Crippen molar-refractivity contribution in [3.63, 3.8) is 0 Å². The number of methoxy groups -OCH3 is 1. The van der Waals surface area contributed by atoms with Crippen molar-refractivity contribution in [2.24, 2.45) is 0 Å². The molecule has 3 aromatic carbocycles. The molecule has 1 aliphatic rings. The van der Waals surface area contributed by atoms with Crippen molar-refractivity contribution in [2.75, 3.05) is 20.3 Å². The smallest absolute Gasteiger partial charge is 0.337 e. The van der Waals surface area contributed by atoms with Crippen LogP contribution in [-0.2, 0) is 20.7 Å². The van der Waals surface area contributed by atoms with Gasteiger partial charge in [0.2, 0.25) is 5.91 Å². The minimum atomic E-state index is -1.40. The zero-order valence-electron chi connectivity index (χ0n) is 22.0. The lowest BCUT2D eigenvalue weighted by atomic mass is 9.91. The number of esters is 1. The van der Waals surface area contributed by atoms with Gasteiger partial charge in [-0.3, -0.25) is 9.59 Å². The molecule has 4 rings (SSSR count). The molecule has 2 N–H and O–H groups in total. The van der Waals surface area contributed by atoms with E-state index in [9.17, 15) is 28.4 Å². The second-order valence-corrected chi connectivity index (χ2v) is 9.90. The Morgan fingerprint density at radius 2 is 1.68 bits per heavy atom. The average Bonchev–Trinajstić information content (AvgIpc) is 2.98. The fraction of sp³-hybridized carbons (Fsp3) is 0.267. The van der Waals surface area contributed by atoms with Gasteiger partial charge in [0, 0.05) is 54.2 Å². The van der Waals surface area contributed by atoms with Crippen LogP contribution in [0.2, 0.25) is 5.02 Å². The molecule has 1 saturated heterocycles. The molecule has 2 amide bonds. The van der Waals surface area contributed by atoms with Gasteiger partial charge in [-0.15, -0.1) is 0 Å². The van der Waals surface area contributed by atoms with Gasteiger partial charge in [-0.25, -0.2) is 13.6 Å². The van der Waals surface area contributed by atoms with Crippen LogP contribution in [0.5, 0.6) is 0 Å². The Morgan fingerprint density at radius 3 is 2.29 bits per heavy atom. The van der Waals surface area contributed by atoms with E-state index in [0.717, 1.165) is 12.1 Å². The molecular weight excluding hydrogens is 556 g/mol. The number of rotatable bonds is 8. The van der Waals surface area contributed by atoms with E-state index < -0.39 is 47.4 Å². The van der Waals surface area contributed by atoms with Crippen LogP contribution in [-0.4, -0.2) is 49.7 Å². The van der Waals surface area contributed by atoms with E-state index in [-0.39, 0.29) is 37.2 Å². The lowest BCUT2D eigenvalue weighted by molar-refractivity contribution is -0.125. The Balaban J connectivity index is 1.58. The molecule has 3 aromatic rings. The Hall–Kier alpha value is -4.33. The number of nitriles is 1. The predicted molar refractivity (Wildman–Crippen MR) is 146 cm³/mol. The third-order valence-corrected chi connectivity index (χ3v) is 7.19. The zero-order chi connectivity index (χ0) is 29.6. The van der Waals surface area contributed by atoms with E-state index >= 15 is 0 Å². The van der Waals surface area contributed by atoms with Gasteiger partial charge in [-0.1, -0.05) is 29.8 Å². The van der Waals surface area contributed by atoms with Crippen LogP contribution < -0.4 is 10.6 Å². The Bertz CT molecular complexity index is 1480. The maximum absolute atomic E-state index is 14.5. The molecule has 11 heteroatoms. The molecule has 8 nitrogen and oxygen atoms in total. The Kier molecular flexibility index (Phi) is 9.32. The van der Waals surface area contributed by atoms with Crippen LogP contribution >= 0.6 is 11.6 Å². The number of ether oxygens (including phenoxy) is 2. The topological polar surface area (TPSA) is 118 Å². The summed E-state index contributed by atoms with van der Waals surface area (Å²) in [7, 11) is 1.27. The first-order valence-electron chi connectivity index (χ1n) is 12.7. The second kappa shape index (κ2) is 12.9. The van der Waals surface area contributed by atoms with E-state index in [1.165, 1.54) is 31.4 Å². The largest absolute Gasteiger partial charge is 0.465 e. The summed E-state index contributed by atoms with van der Waals surface area (Å²) < 4.78 is 39.0. The van der Waals surface area contributed by atoms with Crippen LogP contribution in [0.4, 0.5) is 8.78 Å². The summed E-state index contributed by atoms with van der Waals surface area (Å²) in [6, 6.07) is 14.9. The Labute approximate surface area is 240 Å². The molecular formula is C30H26ClF2N3O5. The average molecular weight is 582 g/mol. The minimum absolute atomic E-state index is 0.155. The number of halogens is 3. The predicted octanol–water partition coefficient (Wildman–Crippen LogP) is 4.60. The molecule has 41 heavy (non-hydrogen) atoms. The quantitative estimate of drug-likeness (QED) is 0.376. The van der Waals surface area contributed by atoms with E-state index in [2.05, 4.69) is 16.7 Å². The second-order valence-electron chi connectivity index (χ2n) is 9.49. The molecule has 0 unspecified atom stereocenters. The molecule has 0 aliphatic carbocycles. The van der Waals surface area contributed by atoms with E-state index in [1.54, 1.807) is 24.3 Å². The summed E-state index contributed by atoms with van der Waals surface area (Å²) in [5.41, 5.74) is -0.0142. The van der Waals surface area contributed by atoms with Crippen molar-refractivity contribution >= 4 is 29.4 Å². The van der Waals surface area contributed by atoms with Gasteiger partial charge < -0.3 is 20.1 Å². The normalized spacial score (nSPS) is 14.8. The zero-order valence-corrected chi connectivity index (χ0v) is 22.8. The summed E-state index contributed by atoms with van der Waals surface area (Å²) in [4.78, 5) is 38.5. The lowest BCUT2D eigenvalue weighted by Gasteiger charge is -2.33. The van der Waals surface area contributed by atoms with Gasteiger partial charge in [-0.2, -0.15) is 5.26 Å². The summed E-state index contributed by atoms with van der Waals surface area (Å²) >= 11 is 6.32. The van der Waals surface area contributed by atoms with Crippen molar-refractivity contribution in [3.05, 3.63) is 94.0 Å². The number of nitrogens with zero attached hydrogens (tertiary/aromatic N) is 1. The third-order valence-electron chi connectivity index (χ3n) is 6.86. The number of amides is 2. The van der Waals surface area contributed by atoms with Gasteiger partial charge in [-0.05, 0) is 48.0 Å². The molecule has 0 aromatic heterocycles. The van der Waals surface area contributed by atoms with Crippen LogP contribution in [0, 0.1) is 23.0 Å². The lowest BCUT2D eigenvalue weighted by Crippen LogP contribution is -2.57. The monoisotopic (exact) mass is 581 g/mol. The minimum Gasteiger partial charge on any atom is -0.465 e. The number of hydrogen-bond acceptors (Lipinski definition) is 6. The van der Waals surface area contributed by atoms with E-state index in [1.807, 2.05) is 0 Å². The highest BCUT2D eigenvalue weighted by molar-refractivity contribution is 6.33. The van der Waals surface area contributed by atoms with Crippen molar-refractivity contribution in [1.29, 1.82) is 5.26 Å². The molecule has 0 spiro atoms. The van der Waals surface area contributed by atoms with E-state index in [4.69, 9.17) is 21.1 Å². The van der Waals surface area contributed by atoms with Crippen molar-refractivity contribution in [3.8, 4) is 17.2 Å². The summed E-state index contributed by atoms with van der Waals surface area (Å²) in [5.74, 6) is -3.70. The van der Waals surface area contributed by atoms with Crippen LogP contribution in [0.3, 0.4) is 0 Å². The van der Waals surface area contributed by atoms with Gasteiger partial charge >= 0.3 is 5.97 Å². The first-order valence-corrected chi connectivity index (χ1v) is 13.1. The molecule has 1 fully saturated rings. The van der Waals surface area contributed by atoms with Crippen LogP contribution in [0.1, 0.15) is 39.1 Å². The molecule has 1 heterocycles. The summed E-state index contributed by atoms with van der Waals surface area (Å²) in [5, 5.41) is 15.3. The highest BCUT2D eigenvalue weighted by Gasteiger charge is 2.37. The van der Waals surface area contributed by atoms with Gasteiger partial charge in [0.05, 0.1) is 18.7 Å². The van der Waals surface area contributed by atoms with Gasteiger partial charge in [0.15, 0.2) is 0 Å². The maximum atomic E-state index is 14.5. The summed E-state index contributed by atoms with van der Waals surface area (Å²) in [6.45, 7) is 0.511. The van der Waals surface area contributed by atoms with Crippen LogP contribution in [0.25, 0.3) is 11.1 Å². The molecule has 1 atom stereocenters. The number of carbonyl (C=O) groups excluding carboxylic acids is 3. The van der Waals surface area contributed by atoms with Crippen LogP contribution in [0.15, 0.2) is 60.7 Å². The van der Waals surface area contributed by atoms with Gasteiger partial charge in [0.25, 0.3) is 5.91 Å². The molecule has 0 radical (unpaired) electrons. The molecule has 212 valence electrons. The first-order chi connectivity index (χ1) is 19.7. The fourth-order valence-electron chi connectivity index (χ4n) is 4.48. The van der Waals surface area contributed by atoms with E-state index in [0.29, 0.717) is 21.7 Å². The number of carbonyl (C=O) groups is 3. The number of benzene rings is 3. The SMILES string of the molecule is COC(=O)c1ccc(Cl)c(-c2ccc(C(=O)N[C@@H](Cc3c(F)cccc3F)C(=O)NC3(C#N)CCOCC3)cc2)c1. The number of nitrogens with one attached hydrogen (secondary N) is 2. The van der Waals surface area contributed by atoms with Crippen molar-refractivity contribution < 1.29 is 32.6 Å². The highest BCUT2D eigenvalue weighted by atomic mass is 35.5. The molecule has 0 bridgehead atoms. The third kappa shape index (κ3) is 6.88. The Morgan fingerprint density at radius 1 is 1.05 bits per heavy atom. The van der Waals surface area contributed by atoms with Crippen molar-refractivity contribution in [2.45, 2.75) is 30.8 Å². The highest BCUT2D eigenvalue weighted by Crippen LogP contribution is 2.29. The summed E-state index contributed by atoms with van der Waals surface area (Å²) in [6.07, 6.45) is -0.0293. The van der Waals surface area contributed by atoms with Gasteiger partial charge in [0.1, 0.15) is 23.2 Å². The van der Waals surface area contributed by atoms with Crippen molar-refractivity contribution in [1.82, 2.24) is 10.6 Å². The standard InChI is InChI=1S/C30H26ClF2N3O5/c1-40-29(39)20-9-10-23(31)21(15-20)18-5-7-19(8-6-18)27(37)35-26(16-22-24(32)3-2-4-25(22)33)28(38)36-30(17-34)11-13-41-14-12-30/h2-10,15,26H,11-14,16H2,1H3,(H,35,37)(H,36,38)/t26-/m0/s1. The maximum Gasteiger partial charge on any atom is 0.337 e.